The molecule has 0 heterocycles. The molecule has 0 aromatic heterocycles. The molecule has 0 bridgehead atoms. The van der Waals surface area contributed by atoms with E-state index in [0.29, 0.717) is 0 Å². The van der Waals surface area contributed by atoms with Gasteiger partial charge in [0.1, 0.15) is 5.75 Å². The molecular weight excluding hydrogens is 199 g/mol. The van der Waals surface area contributed by atoms with Gasteiger partial charge in [0, 0.05) is 5.56 Å². The molecule has 13 heavy (non-hydrogen) atoms. The van der Waals surface area contributed by atoms with E-state index in [4.69, 9.17) is 15.3 Å². The number of hydrogen-bond acceptors (Lipinski definition) is 3. The fourth-order valence-electron chi connectivity index (χ4n) is 0.852. The van der Waals surface area contributed by atoms with E-state index in [1.807, 2.05) is 0 Å². The summed E-state index contributed by atoms with van der Waals surface area (Å²) in [6.07, 6.45) is -1.66. The number of aliphatic hydroxyl groups is 1. The van der Waals surface area contributed by atoms with Gasteiger partial charge in [0.2, 0.25) is 0 Å². The molecule has 3 N–H and O–H groups in total. The molecule has 0 amide bonds. The third-order valence-electron chi connectivity index (χ3n) is 1.47. The van der Waals surface area contributed by atoms with E-state index in [1.54, 1.807) is 12.1 Å². The molecule has 0 saturated heterocycles. The van der Waals surface area contributed by atoms with Gasteiger partial charge < -0.3 is 16.7 Å². The number of carbonyl (C=O) groups is 1. The van der Waals surface area contributed by atoms with Crippen LogP contribution in [0, 0.1) is 0 Å². The van der Waals surface area contributed by atoms with Gasteiger partial charge in [0.25, 0.3) is 0 Å². The second-order valence-corrected chi connectivity index (χ2v) is 2.30. The minimum atomic E-state index is -1.66. The molecule has 1 aromatic carbocycles. The molecule has 0 aliphatic rings. The quantitative estimate of drug-likeness (QED) is 0.475. The monoisotopic (exact) mass is 208 g/mol. The Balaban J connectivity index is 0. The number of phenols is 1. The van der Waals surface area contributed by atoms with Crippen LogP contribution in [0.5, 0.6) is 5.75 Å². The minimum Gasteiger partial charge on any atom is -1.00 e. The molecule has 0 aliphatic heterocycles. The van der Waals surface area contributed by atoms with Crippen molar-refractivity contribution >= 4 is 5.97 Å². The van der Waals surface area contributed by atoms with Crippen LogP contribution in [0.15, 0.2) is 24.3 Å². The Kier molecular flexibility index (Phi) is 5.78. The van der Waals surface area contributed by atoms with Crippen molar-refractivity contribution in [2.45, 2.75) is 6.10 Å². The van der Waals surface area contributed by atoms with E-state index in [0.717, 1.165) is 0 Å². The van der Waals surface area contributed by atoms with Crippen LogP contribution in [0.1, 0.15) is 13.1 Å². The number of phenolic OH excluding ortho intramolecular Hbond substituents is 1. The van der Waals surface area contributed by atoms with Crippen LogP contribution < -0.4 is 51.4 Å². The minimum absolute atomic E-state index is 0. The maximum absolute atomic E-state index is 10.3. The Morgan fingerprint density at radius 2 is 1.92 bits per heavy atom. The van der Waals surface area contributed by atoms with E-state index in [2.05, 4.69) is 0 Å². The largest absolute Gasteiger partial charge is 1.00 e. The first-order chi connectivity index (χ1) is 5.63. The van der Waals surface area contributed by atoms with E-state index in [1.165, 1.54) is 12.1 Å². The molecule has 1 atom stereocenters. The molecule has 66 valence electrons. The molecule has 1 aromatic rings. The maximum Gasteiger partial charge on any atom is 1.00 e. The topological polar surface area (TPSA) is 77.8 Å². The first-order valence-electron chi connectivity index (χ1n) is 3.31. The molecule has 0 spiro atoms. The predicted octanol–water partition coefficient (Wildman–Crippen LogP) is -2.37. The van der Waals surface area contributed by atoms with Crippen molar-refractivity contribution < 1.29 is 72.9 Å². The number of rotatable bonds is 2. The molecule has 0 saturated carbocycles. The molecule has 1 rings (SSSR count). The van der Waals surface area contributed by atoms with Crippen molar-refractivity contribution in [3.63, 3.8) is 0 Å². The van der Waals surface area contributed by atoms with E-state index in [-0.39, 0.29) is 64.1 Å². The fourth-order valence-corrected chi connectivity index (χ4v) is 0.852. The average molecular weight is 208 g/mol. The number of aromatic hydroxyl groups is 1. The SMILES string of the molecule is O=C(O)[C@H](O)c1ccccc1O.[H-].[K+]. The van der Waals surface area contributed by atoms with Crippen LogP contribution in [-0.4, -0.2) is 21.3 Å². The van der Waals surface area contributed by atoms with Crippen molar-refractivity contribution in [1.29, 1.82) is 0 Å². The third-order valence-corrected chi connectivity index (χ3v) is 1.47. The normalized spacial score (nSPS) is 11.5. The van der Waals surface area contributed by atoms with Gasteiger partial charge >= 0.3 is 57.4 Å². The zero-order valence-corrected chi connectivity index (χ0v) is 10.3. The summed E-state index contributed by atoms with van der Waals surface area (Å²) in [5.74, 6) is -1.59. The molecule has 0 aliphatic carbocycles. The van der Waals surface area contributed by atoms with E-state index in [9.17, 15) is 4.79 Å². The molecular formula is C8H9KO4. The number of para-hydroxylation sites is 1. The van der Waals surface area contributed by atoms with Crippen LogP contribution in [0.4, 0.5) is 0 Å². The van der Waals surface area contributed by atoms with Crippen molar-refractivity contribution in [3.05, 3.63) is 29.8 Å². The number of aliphatic carboxylic acids is 1. The van der Waals surface area contributed by atoms with Crippen molar-refractivity contribution in [3.8, 4) is 5.75 Å². The van der Waals surface area contributed by atoms with Crippen LogP contribution in [0.3, 0.4) is 0 Å². The summed E-state index contributed by atoms with van der Waals surface area (Å²) in [5.41, 5.74) is 0.00463. The van der Waals surface area contributed by atoms with Crippen molar-refractivity contribution in [2.75, 3.05) is 0 Å². The Morgan fingerprint density at radius 3 is 2.38 bits per heavy atom. The molecule has 5 heteroatoms. The Bertz CT molecular complexity index is 305. The fraction of sp³-hybridized carbons (Fsp3) is 0.125. The summed E-state index contributed by atoms with van der Waals surface area (Å²) in [6.45, 7) is 0. The van der Waals surface area contributed by atoms with Crippen LogP contribution in [0.2, 0.25) is 0 Å². The number of benzene rings is 1. The summed E-state index contributed by atoms with van der Waals surface area (Å²) in [4.78, 5) is 10.3. The first kappa shape index (κ1) is 13.1. The van der Waals surface area contributed by atoms with Crippen LogP contribution >= 0.6 is 0 Å². The molecule has 0 unspecified atom stereocenters. The van der Waals surface area contributed by atoms with E-state index < -0.39 is 12.1 Å². The Labute approximate surface area is 119 Å². The van der Waals surface area contributed by atoms with Gasteiger partial charge in [-0.2, -0.15) is 0 Å². The summed E-state index contributed by atoms with van der Waals surface area (Å²) in [5, 5.41) is 26.5. The van der Waals surface area contributed by atoms with E-state index >= 15 is 0 Å². The van der Waals surface area contributed by atoms with Gasteiger partial charge in [-0.1, -0.05) is 18.2 Å². The average Bonchev–Trinajstić information content (AvgIpc) is 2.04. The smallest absolute Gasteiger partial charge is 1.00 e. The number of carboxylic acids is 1. The second kappa shape index (κ2) is 5.74. The number of carboxylic acid groups (broad SMARTS) is 1. The van der Waals surface area contributed by atoms with Crippen LogP contribution in [0.25, 0.3) is 0 Å². The second-order valence-electron chi connectivity index (χ2n) is 2.30. The van der Waals surface area contributed by atoms with Gasteiger partial charge in [-0.3, -0.25) is 0 Å². The zero-order chi connectivity index (χ0) is 9.14. The first-order valence-corrected chi connectivity index (χ1v) is 3.31. The van der Waals surface area contributed by atoms with Gasteiger partial charge in [-0.25, -0.2) is 4.79 Å². The molecule has 0 fully saturated rings. The summed E-state index contributed by atoms with van der Waals surface area (Å²) in [6, 6.07) is 5.77. The standard InChI is InChI=1S/C8H8O4.K.H/c9-6-4-2-1-3-5(6)7(10)8(11)12;;/h1-4,7,9-10H,(H,11,12);;/q;+1;-1/t7-;;/m1../s1. The van der Waals surface area contributed by atoms with Crippen molar-refractivity contribution in [2.24, 2.45) is 0 Å². The predicted molar refractivity (Wildman–Crippen MR) is 41.8 cm³/mol. The molecule has 0 radical (unpaired) electrons. The van der Waals surface area contributed by atoms with Gasteiger partial charge in [0.05, 0.1) is 0 Å². The Hall–Kier alpha value is 0.0864. The summed E-state index contributed by atoms with van der Waals surface area (Å²) < 4.78 is 0. The Morgan fingerprint density at radius 1 is 1.38 bits per heavy atom. The van der Waals surface area contributed by atoms with Gasteiger partial charge in [-0.15, -0.1) is 0 Å². The number of aliphatic hydroxyl groups excluding tert-OH is 1. The number of hydrogen-bond donors (Lipinski definition) is 3. The maximum atomic E-state index is 10.3. The summed E-state index contributed by atoms with van der Waals surface area (Å²) in [7, 11) is 0. The third kappa shape index (κ3) is 3.38. The van der Waals surface area contributed by atoms with Gasteiger partial charge in [-0.05, 0) is 6.07 Å². The molecule has 4 nitrogen and oxygen atoms in total. The summed E-state index contributed by atoms with van der Waals surface area (Å²) >= 11 is 0. The van der Waals surface area contributed by atoms with Gasteiger partial charge in [0.15, 0.2) is 6.10 Å². The van der Waals surface area contributed by atoms with Crippen LogP contribution in [-0.2, 0) is 4.79 Å². The van der Waals surface area contributed by atoms with Crippen molar-refractivity contribution in [1.82, 2.24) is 0 Å². The zero-order valence-electron chi connectivity index (χ0n) is 8.14.